The normalized spacial score (nSPS) is 63.5. The van der Waals surface area contributed by atoms with E-state index in [-0.39, 0.29) is 11.1 Å². The fraction of sp³-hybridized carbons (Fsp3) is 1.00. The Morgan fingerprint density at radius 3 is 2.00 bits per heavy atom. The summed E-state index contributed by atoms with van der Waals surface area (Å²) in [7, 11) is 0. The Kier molecular flexibility index (Phi) is 1.34. The molecule has 1 aliphatic carbocycles. The van der Waals surface area contributed by atoms with E-state index in [1.54, 1.807) is 0 Å². The van der Waals surface area contributed by atoms with Crippen LogP contribution in [0.2, 0.25) is 0 Å². The van der Waals surface area contributed by atoms with Gasteiger partial charge in [-0.05, 0) is 37.5 Å². The molecule has 3 fully saturated rings. The van der Waals surface area contributed by atoms with Crippen LogP contribution in [0.5, 0.6) is 0 Å². The molecule has 1 saturated carbocycles. The molecule has 4 unspecified atom stereocenters. The SMILES string of the molecule is N[SH]1C2CCC1C1CCCC12. The zero-order valence-corrected chi connectivity index (χ0v) is 7.76. The number of hydrogen-bond acceptors (Lipinski definition) is 1. The van der Waals surface area contributed by atoms with E-state index in [2.05, 4.69) is 0 Å². The van der Waals surface area contributed by atoms with Crippen molar-refractivity contribution in [2.75, 3.05) is 0 Å². The Balaban J connectivity index is 1.94. The third-order valence-electron chi connectivity index (χ3n) is 4.14. The first-order chi connectivity index (χ1) is 5.38. The molecule has 0 aromatic rings. The molecule has 0 radical (unpaired) electrons. The minimum absolute atomic E-state index is 0.00958. The Labute approximate surface area is 71.2 Å². The molecule has 2 heteroatoms. The highest BCUT2D eigenvalue weighted by Gasteiger charge is 2.52. The van der Waals surface area contributed by atoms with Gasteiger partial charge >= 0.3 is 0 Å². The molecule has 0 spiro atoms. The van der Waals surface area contributed by atoms with Crippen LogP contribution in [0, 0.1) is 11.8 Å². The number of rotatable bonds is 0. The van der Waals surface area contributed by atoms with Crippen LogP contribution in [0.3, 0.4) is 0 Å². The third-order valence-corrected chi connectivity index (χ3v) is 6.95. The Bertz CT molecular complexity index is 155. The lowest BCUT2D eigenvalue weighted by Gasteiger charge is -2.22. The van der Waals surface area contributed by atoms with Crippen molar-refractivity contribution in [2.24, 2.45) is 17.0 Å². The van der Waals surface area contributed by atoms with Crippen LogP contribution in [0.4, 0.5) is 0 Å². The Morgan fingerprint density at radius 2 is 1.45 bits per heavy atom. The fourth-order valence-corrected chi connectivity index (χ4v) is 6.74. The van der Waals surface area contributed by atoms with Crippen LogP contribution in [-0.2, 0) is 0 Å². The third kappa shape index (κ3) is 0.726. The maximum Gasteiger partial charge on any atom is 0.00110 e. The number of fused-ring (bicyclic) bond motifs is 5. The quantitative estimate of drug-likeness (QED) is 0.534. The average Bonchev–Trinajstić information content (AvgIpc) is 2.61. The van der Waals surface area contributed by atoms with E-state index in [4.69, 9.17) is 5.14 Å². The number of nitrogens with two attached hydrogens (primary N) is 1. The largest absolute Gasteiger partial charge is 0.296 e. The van der Waals surface area contributed by atoms with E-state index in [0.29, 0.717) is 0 Å². The topological polar surface area (TPSA) is 26.0 Å². The molecule has 1 nitrogen and oxygen atoms in total. The molecule has 3 aliphatic rings. The van der Waals surface area contributed by atoms with Crippen molar-refractivity contribution >= 4 is 11.1 Å². The van der Waals surface area contributed by atoms with Crippen LogP contribution < -0.4 is 5.14 Å². The lowest BCUT2D eigenvalue weighted by Crippen LogP contribution is -2.21. The highest BCUT2D eigenvalue weighted by atomic mass is 32.2. The lowest BCUT2D eigenvalue weighted by atomic mass is 9.82. The summed E-state index contributed by atoms with van der Waals surface area (Å²) in [6.07, 6.45) is 7.50. The maximum absolute atomic E-state index is 6.24. The summed E-state index contributed by atoms with van der Waals surface area (Å²) < 4.78 is 0. The van der Waals surface area contributed by atoms with Crippen molar-refractivity contribution < 1.29 is 0 Å². The highest BCUT2D eigenvalue weighted by molar-refractivity contribution is 8.16. The lowest BCUT2D eigenvalue weighted by molar-refractivity contribution is 0.330. The smallest absolute Gasteiger partial charge is 0.00110 e. The van der Waals surface area contributed by atoms with Gasteiger partial charge in [-0.2, -0.15) is 11.1 Å². The second-order valence-electron chi connectivity index (χ2n) is 4.42. The van der Waals surface area contributed by atoms with Crippen LogP contribution in [0.1, 0.15) is 32.1 Å². The van der Waals surface area contributed by atoms with Crippen molar-refractivity contribution in [2.45, 2.75) is 42.6 Å². The summed E-state index contributed by atoms with van der Waals surface area (Å²) in [4.78, 5) is 0. The van der Waals surface area contributed by atoms with E-state index in [9.17, 15) is 0 Å². The molecule has 2 bridgehead atoms. The van der Waals surface area contributed by atoms with Gasteiger partial charge in [-0.15, -0.1) is 0 Å². The molecule has 0 aromatic carbocycles. The van der Waals surface area contributed by atoms with Gasteiger partial charge in [0, 0.05) is 10.5 Å². The first-order valence-electron chi connectivity index (χ1n) is 4.91. The molecule has 0 amide bonds. The minimum Gasteiger partial charge on any atom is -0.296 e. The first kappa shape index (κ1) is 6.79. The average molecular weight is 171 g/mol. The van der Waals surface area contributed by atoms with Crippen LogP contribution >= 0.6 is 11.1 Å². The molecule has 64 valence electrons. The van der Waals surface area contributed by atoms with Gasteiger partial charge in [0.05, 0.1) is 0 Å². The predicted molar refractivity (Wildman–Crippen MR) is 50.8 cm³/mol. The van der Waals surface area contributed by atoms with Gasteiger partial charge in [-0.1, -0.05) is 6.42 Å². The minimum atomic E-state index is -0.00958. The monoisotopic (exact) mass is 171 g/mol. The zero-order valence-electron chi connectivity index (χ0n) is 6.87. The van der Waals surface area contributed by atoms with Crippen LogP contribution in [0.25, 0.3) is 0 Å². The van der Waals surface area contributed by atoms with E-state index in [0.717, 1.165) is 22.3 Å². The second-order valence-corrected chi connectivity index (χ2v) is 6.64. The predicted octanol–water partition coefficient (Wildman–Crippen LogP) is 1.82. The van der Waals surface area contributed by atoms with Crippen LogP contribution in [-0.4, -0.2) is 10.5 Å². The van der Waals surface area contributed by atoms with E-state index in [1.165, 1.54) is 32.1 Å². The standard InChI is InChI=1S/C9H17NS/c10-11-8-4-5-9(11)7-3-1-2-6(7)8/h6-9,11H,1-5,10H2. The van der Waals surface area contributed by atoms with E-state index < -0.39 is 0 Å². The summed E-state index contributed by atoms with van der Waals surface area (Å²) in [6, 6.07) is 0. The maximum atomic E-state index is 6.24. The van der Waals surface area contributed by atoms with Gasteiger partial charge < -0.3 is 0 Å². The molecule has 0 aromatic heterocycles. The van der Waals surface area contributed by atoms with Gasteiger partial charge in [-0.25, -0.2) is 0 Å². The van der Waals surface area contributed by atoms with Gasteiger partial charge in [0.2, 0.25) is 0 Å². The summed E-state index contributed by atoms with van der Waals surface area (Å²) in [5.41, 5.74) is 0. The van der Waals surface area contributed by atoms with Crippen molar-refractivity contribution in [3.63, 3.8) is 0 Å². The number of thiol groups is 1. The second kappa shape index (κ2) is 2.17. The fourth-order valence-electron chi connectivity index (χ4n) is 3.73. The van der Waals surface area contributed by atoms with Gasteiger partial charge in [0.15, 0.2) is 0 Å². The van der Waals surface area contributed by atoms with Gasteiger partial charge in [-0.3, -0.25) is 5.14 Å². The van der Waals surface area contributed by atoms with Crippen molar-refractivity contribution in [1.29, 1.82) is 0 Å². The van der Waals surface area contributed by atoms with Gasteiger partial charge in [0.25, 0.3) is 0 Å². The van der Waals surface area contributed by atoms with Crippen molar-refractivity contribution in [3.8, 4) is 0 Å². The van der Waals surface area contributed by atoms with E-state index >= 15 is 0 Å². The molecule has 2 N–H and O–H groups in total. The summed E-state index contributed by atoms with van der Waals surface area (Å²) in [5.74, 6) is 2.18. The van der Waals surface area contributed by atoms with Gasteiger partial charge in [0.1, 0.15) is 0 Å². The summed E-state index contributed by atoms with van der Waals surface area (Å²) in [5, 5.41) is 8.24. The number of hydrogen-bond donors (Lipinski definition) is 2. The van der Waals surface area contributed by atoms with E-state index in [1.807, 2.05) is 0 Å². The molecule has 2 saturated heterocycles. The molecule has 11 heavy (non-hydrogen) atoms. The molecule has 3 rings (SSSR count). The summed E-state index contributed by atoms with van der Waals surface area (Å²) in [6.45, 7) is 0. The van der Waals surface area contributed by atoms with Crippen LogP contribution in [0.15, 0.2) is 0 Å². The summed E-state index contributed by atoms with van der Waals surface area (Å²) >= 11 is -0.00958. The molecule has 2 heterocycles. The Hall–Kier alpha value is 0.310. The van der Waals surface area contributed by atoms with Crippen molar-refractivity contribution in [1.82, 2.24) is 0 Å². The first-order valence-corrected chi connectivity index (χ1v) is 6.46. The molecule has 2 aliphatic heterocycles. The zero-order chi connectivity index (χ0) is 7.42. The van der Waals surface area contributed by atoms with Crippen molar-refractivity contribution in [3.05, 3.63) is 0 Å². The molecular weight excluding hydrogens is 154 g/mol. The molecular formula is C9H17NS. The Morgan fingerprint density at radius 1 is 0.909 bits per heavy atom. The molecule has 4 atom stereocenters. The highest BCUT2D eigenvalue weighted by Crippen LogP contribution is 2.63.